The molecule has 0 spiro atoms. The summed E-state index contributed by atoms with van der Waals surface area (Å²) in [5.74, 6) is 0. The number of halogens is 12. The molecule has 0 saturated carbocycles. The molecule has 1 aromatic carbocycles. The molecular formula is C12H6F12O2. The summed E-state index contributed by atoms with van der Waals surface area (Å²) in [4.78, 5) is 0. The van der Waals surface area contributed by atoms with Crippen LogP contribution in [0.25, 0.3) is 0 Å². The Labute approximate surface area is 135 Å². The Kier molecular flexibility index (Phi) is 5.56. The second kappa shape index (κ2) is 6.48. The molecule has 2 N–H and O–H groups in total. The van der Waals surface area contributed by atoms with E-state index in [1.807, 2.05) is 0 Å². The molecule has 0 aliphatic heterocycles. The third kappa shape index (κ3) is 4.00. The van der Waals surface area contributed by atoms with E-state index in [4.69, 9.17) is 10.2 Å². The largest absolute Gasteiger partial charge is 0.417 e. The van der Waals surface area contributed by atoms with Crippen molar-refractivity contribution in [3.63, 3.8) is 0 Å². The highest BCUT2D eigenvalue weighted by atomic mass is 19.4. The topological polar surface area (TPSA) is 40.5 Å². The van der Waals surface area contributed by atoms with E-state index < -0.39 is 71.3 Å². The van der Waals surface area contributed by atoms with Gasteiger partial charge < -0.3 is 10.2 Å². The normalized spacial score (nSPS) is 14.1. The first-order valence-corrected chi connectivity index (χ1v) is 6.11. The van der Waals surface area contributed by atoms with Crippen molar-refractivity contribution in [3.05, 3.63) is 33.4 Å². The summed E-state index contributed by atoms with van der Waals surface area (Å²) >= 11 is 0. The Bertz CT molecular complexity index is 635. The second-order valence-corrected chi connectivity index (χ2v) is 4.76. The molecule has 0 saturated heterocycles. The van der Waals surface area contributed by atoms with Gasteiger partial charge in [-0.2, -0.15) is 52.7 Å². The standard InChI is InChI=1S/C12H6F12O2/c13-9(14,15)5-3(1-25)6(10(16,17)18)8(12(22,23)24)7(4(5)2-26)11(19,20)21/h25-26H,1-2H2. The lowest BCUT2D eigenvalue weighted by Crippen LogP contribution is -2.30. The van der Waals surface area contributed by atoms with Crippen LogP contribution in [0, 0.1) is 0 Å². The number of hydrogen-bond acceptors (Lipinski definition) is 2. The molecule has 2 nitrogen and oxygen atoms in total. The molecule has 0 atom stereocenters. The summed E-state index contributed by atoms with van der Waals surface area (Å²) in [5.41, 5.74) is -17.8. The Morgan fingerprint density at radius 1 is 0.423 bits per heavy atom. The van der Waals surface area contributed by atoms with Crippen LogP contribution in [0.3, 0.4) is 0 Å². The van der Waals surface area contributed by atoms with Crippen molar-refractivity contribution in [1.29, 1.82) is 0 Å². The Balaban J connectivity index is 4.47. The second-order valence-electron chi connectivity index (χ2n) is 4.76. The summed E-state index contributed by atoms with van der Waals surface area (Å²) < 4.78 is 156. The molecule has 0 aliphatic carbocycles. The molecule has 0 aliphatic rings. The van der Waals surface area contributed by atoms with Crippen molar-refractivity contribution in [2.45, 2.75) is 37.9 Å². The lowest BCUT2D eigenvalue weighted by Gasteiger charge is -2.28. The molecule has 14 heteroatoms. The molecule has 1 aromatic rings. The van der Waals surface area contributed by atoms with Crippen LogP contribution in [0.4, 0.5) is 52.7 Å². The fraction of sp³-hybridized carbons (Fsp3) is 0.500. The Morgan fingerprint density at radius 2 is 0.654 bits per heavy atom. The summed E-state index contributed by atoms with van der Waals surface area (Å²) in [5, 5.41) is 17.6. The first-order valence-electron chi connectivity index (χ1n) is 6.11. The first kappa shape index (κ1) is 22.3. The maximum Gasteiger partial charge on any atom is 0.417 e. The van der Waals surface area contributed by atoms with E-state index in [0.29, 0.717) is 0 Å². The van der Waals surface area contributed by atoms with E-state index >= 15 is 0 Å². The average Bonchev–Trinajstić information content (AvgIpc) is 2.39. The smallest absolute Gasteiger partial charge is 0.392 e. The van der Waals surface area contributed by atoms with Gasteiger partial charge in [-0.05, 0) is 0 Å². The van der Waals surface area contributed by atoms with Crippen LogP contribution in [0.5, 0.6) is 0 Å². The van der Waals surface area contributed by atoms with E-state index in [1.165, 1.54) is 0 Å². The monoisotopic (exact) mass is 410 g/mol. The van der Waals surface area contributed by atoms with Crippen LogP contribution in [0.15, 0.2) is 0 Å². The predicted molar refractivity (Wildman–Crippen MR) is 58.3 cm³/mol. The van der Waals surface area contributed by atoms with Crippen LogP contribution >= 0.6 is 0 Å². The minimum Gasteiger partial charge on any atom is -0.392 e. The van der Waals surface area contributed by atoms with Gasteiger partial charge >= 0.3 is 24.7 Å². The molecule has 0 amide bonds. The van der Waals surface area contributed by atoms with Crippen molar-refractivity contribution in [2.24, 2.45) is 0 Å². The van der Waals surface area contributed by atoms with E-state index in [-0.39, 0.29) is 0 Å². The highest BCUT2D eigenvalue weighted by molar-refractivity contribution is 5.56. The lowest BCUT2D eigenvalue weighted by atomic mass is 9.85. The Morgan fingerprint density at radius 3 is 0.808 bits per heavy atom. The zero-order valence-electron chi connectivity index (χ0n) is 11.8. The SMILES string of the molecule is OCc1c(C(F)(F)F)c(CO)c(C(F)(F)F)c(C(F)(F)F)c1C(F)(F)F. The summed E-state index contributed by atoms with van der Waals surface area (Å²) in [6.45, 7) is -4.62. The number of aliphatic hydroxyl groups excluding tert-OH is 2. The zero-order valence-corrected chi connectivity index (χ0v) is 11.8. The van der Waals surface area contributed by atoms with Gasteiger partial charge in [0.25, 0.3) is 0 Å². The minimum atomic E-state index is -6.40. The van der Waals surface area contributed by atoms with Gasteiger partial charge in [0.1, 0.15) is 0 Å². The zero-order chi connectivity index (χ0) is 20.9. The first-order chi connectivity index (χ1) is 11.4. The fourth-order valence-corrected chi connectivity index (χ4v) is 2.43. The maximum atomic E-state index is 13.0. The molecule has 0 bridgehead atoms. The van der Waals surface area contributed by atoms with Gasteiger partial charge in [-0.15, -0.1) is 0 Å². The molecular weight excluding hydrogens is 404 g/mol. The quantitative estimate of drug-likeness (QED) is 0.692. The molecule has 1 rings (SSSR count). The molecule has 0 heterocycles. The van der Waals surface area contributed by atoms with Gasteiger partial charge in [-0.25, -0.2) is 0 Å². The Hall–Kier alpha value is -1.70. The molecule has 0 fully saturated rings. The van der Waals surface area contributed by atoms with Crippen molar-refractivity contribution < 1.29 is 62.9 Å². The number of benzene rings is 1. The average molecular weight is 410 g/mol. The van der Waals surface area contributed by atoms with Crippen LogP contribution in [-0.2, 0) is 37.9 Å². The van der Waals surface area contributed by atoms with E-state index in [0.717, 1.165) is 0 Å². The van der Waals surface area contributed by atoms with Gasteiger partial charge in [-0.1, -0.05) is 0 Å². The number of aliphatic hydroxyl groups is 2. The molecule has 150 valence electrons. The third-order valence-corrected chi connectivity index (χ3v) is 3.16. The number of hydrogen-bond donors (Lipinski definition) is 2. The lowest BCUT2D eigenvalue weighted by molar-refractivity contribution is -0.178. The minimum absolute atomic E-state index is 2.31. The van der Waals surface area contributed by atoms with Gasteiger partial charge in [0.05, 0.1) is 35.5 Å². The van der Waals surface area contributed by atoms with E-state index in [9.17, 15) is 52.7 Å². The van der Waals surface area contributed by atoms with Gasteiger partial charge in [-0.3, -0.25) is 0 Å². The number of rotatable bonds is 2. The maximum absolute atomic E-state index is 13.0. The van der Waals surface area contributed by atoms with Crippen molar-refractivity contribution in [3.8, 4) is 0 Å². The highest BCUT2D eigenvalue weighted by Crippen LogP contribution is 2.53. The van der Waals surface area contributed by atoms with Crippen LogP contribution in [0.2, 0.25) is 0 Å². The third-order valence-electron chi connectivity index (χ3n) is 3.16. The number of alkyl halides is 12. The van der Waals surface area contributed by atoms with Crippen LogP contribution in [-0.4, -0.2) is 10.2 Å². The van der Waals surface area contributed by atoms with E-state index in [1.54, 1.807) is 0 Å². The van der Waals surface area contributed by atoms with E-state index in [2.05, 4.69) is 0 Å². The van der Waals surface area contributed by atoms with Crippen molar-refractivity contribution in [2.75, 3.05) is 0 Å². The van der Waals surface area contributed by atoms with Gasteiger partial charge in [0.2, 0.25) is 0 Å². The predicted octanol–water partition coefficient (Wildman–Crippen LogP) is 4.75. The summed E-state index contributed by atoms with van der Waals surface area (Å²) in [6, 6.07) is 0. The van der Waals surface area contributed by atoms with Crippen LogP contribution in [0.1, 0.15) is 33.4 Å². The van der Waals surface area contributed by atoms with Crippen molar-refractivity contribution in [1.82, 2.24) is 0 Å². The molecule has 0 aromatic heterocycles. The highest BCUT2D eigenvalue weighted by Gasteiger charge is 2.56. The van der Waals surface area contributed by atoms with Crippen LogP contribution < -0.4 is 0 Å². The van der Waals surface area contributed by atoms with Gasteiger partial charge in [0, 0.05) is 11.1 Å². The van der Waals surface area contributed by atoms with Gasteiger partial charge in [0.15, 0.2) is 0 Å². The fourth-order valence-electron chi connectivity index (χ4n) is 2.43. The molecule has 0 radical (unpaired) electrons. The summed E-state index contributed by atoms with van der Waals surface area (Å²) in [7, 11) is 0. The molecule has 26 heavy (non-hydrogen) atoms. The van der Waals surface area contributed by atoms with Crippen molar-refractivity contribution >= 4 is 0 Å². The molecule has 0 unspecified atom stereocenters. The summed E-state index contributed by atoms with van der Waals surface area (Å²) in [6.07, 6.45) is -25.1.